The number of amides is 1. The summed E-state index contributed by atoms with van der Waals surface area (Å²) in [6.07, 6.45) is 8.64. The molecule has 0 spiro atoms. The first-order chi connectivity index (χ1) is 22.2. The molecular formula is C33H42N8O4S. The zero-order valence-corrected chi connectivity index (χ0v) is 27.5. The van der Waals surface area contributed by atoms with Crippen LogP contribution in [-0.4, -0.2) is 97.1 Å². The number of aryl methyl sites for hydroxylation is 1. The van der Waals surface area contributed by atoms with Gasteiger partial charge in [0.1, 0.15) is 17.2 Å². The second kappa shape index (κ2) is 13.7. The van der Waals surface area contributed by atoms with Crippen molar-refractivity contribution in [3.63, 3.8) is 0 Å². The van der Waals surface area contributed by atoms with Crippen LogP contribution in [0.2, 0.25) is 0 Å². The zero-order chi connectivity index (χ0) is 32.3. The van der Waals surface area contributed by atoms with Crippen LogP contribution in [0.4, 0.5) is 17.5 Å². The third kappa shape index (κ3) is 7.16. The minimum absolute atomic E-state index is 0.0316. The van der Waals surface area contributed by atoms with Gasteiger partial charge < -0.3 is 19.7 Å². The molecule has 0 atom stereocenters. The Balaban J connectivity index is 1.02. The van der Waals surface area contributed by atoms with E-state index in [1.807, 2.05) is 31.3 Å². The van der Waals surface area contributed by atoms with Crippen molar-refractivity contribution < 1.29 is 17.4 Å². The van der Waals surface area contributed by atoms with Gasteiger partial charge in [-0.25, -0.2) is 9.97 Å². The van der Waals surface area contributed by atoms with Crippen LogP contribution in [0.1, 0.15) is 54.2 Å². The highest BCUT2D eigenvalue weighted by atomic mass is 32.2. The summed E-state index contributed by atoms with van der Waals surface area (Å²) in [4.78, 5) is 33.4. The Hall–Kier alpha value is -4.07. The molecule has 2 fully saturated rings. The SMILES string of the molecule is Cc1ccc(S(=O)(=O)OCCCN2CCN(c3ccc(Nc4ncc5cc(C(=O)N(C)C)n(C6CCCC6)c5n4)nc3)CC2)cc1. The Labute approximate surface area is 270 Å². The predicted molar refractivity (Wildman–Crippen MR) is 178 cm³/mol. The smallest absolute Gasteiger partial charge is 0.296 e. The van der Waals surface area contributed by atoms with Gasteiger partial charge in [0, 0.05) is 64.4 Å². The van der Waals surface area contributed by atoms with Crippen molar-refractivity contribution in [3.8, 4) is 0 Å². The van der Waals surface area contributed by atoms with E-state index in [1.165, 1.54) is 0 Å². The highest BCUT2D eigenvalue weighted by Gasteiger charge is 2.26. The van der Waals surface area contributed by atoms with Crippen molar-refractivity contribution in [1.82, 2.24) is 29.3 Å². The van der Waals surface area contributed by atoms with Crippen molar-refractivity contribution in [3.05, 3.63) is 66.1 Å². The van der Waals surface area contributed by atoms with Gasteiger partial charge in [0.05, 0.1) is 23.4 Å². The first-order valence-corrected chi connectivity index (χ1v) is 17.3. The molecule has 1 aliphatic heterocycles. The fraction of sp³-hybridized carbons (Fsp3) is 0.455. The summed E-state index contributed by atoms with van der Waals surface area (Å²) in [6, 6.07) is 12.8. The normalized spacial score (nSPS) is 16.3. The van der Waals surface area contributed by atoms with Crippen LogP contribution >= 0.6 is 0 Å². The van der Waals surface area contributed by atoms with Gasteiger partial charge in [0.25, 0.3) is 16.0 Å². The van der Waals surface area contributed by atoms with E-state index in [1.54, 1.807) is 49.5 Å². The summed E-state index contributed by atoms with van der Waals surface area (Å²) >= 11 is 0. The lowest BCUT2D eigenvalue weighted by atomic mass is 10.2. The number of fused-ring (bicyclic) bond motifs is 1. The van der Waals surface area contributed by atoms with Crippen molar-refractivity contribution in [1.29, 1.82) is 0 Å². The van der Waals surface area contributed by atoms with Gasteiger partial charge in [-0.3, -0.25) is 13.9 Å². The molecule has 1 aromatic carbocycles. The van der Waals surface area contributed by atoms with Gasteiger partial charge in [-0.15, -0.1) is 0 Å². The number of carbonyl (C=O) groups is 1. The van der Waals surface area contributed by atoms with Crippen LogP contribution in [0.3, 0.4) is 0 Å². The number of carbonyl (C=O) groups excluding carboxylic acids is 1. The van der Waals surface area contributed by atoms with E-state index in [9.17, 15) is 13.2 Å². The van der Waals surface area contributed by atoms with Crippen LogP contribution in [-0.2, 0) is 14.3 Å². The van der Waals surface area contributed by atoms with E-state index in [2.05, 4.69) is 29.7 Å². The first kappa shape index (κ1) is 31.9. The fourth-order valence-corrected chi connectivity index (χ4v) is 7.16. The molecule has 1 amide bonds. The lowest BCUT2D eigenvalue weighted by molar-refractivity contribution is 0.0815. The van der Waals surface area contributed by atoms with E-state index < -0.39 is 10.1 Å². The Morgan fingerprint density at radius 3 is 2.41 bits per heavy atom. The van der Waals surface area contributed by atoms with Gasteiger partial charge in [0.2, 0.25) is 5.95 Å². The number of hydrogen-bond acceptors (Lipinski definition) is 10. The Kier molecular flexibility index (Phi) is 9.52. The second-order valence-electron chi connectivity index (χ2n) is 12.3. The van der Waals surface area contributed by atoms with Crippen LogP contribution in [0.25, 0.3) is 11.0 Å². The van der Waals surface area contributed by atoms with Crippen LogP contribution in [0, 0.1) is 6.92 Å². The van der Waals surface area contributed by atoms with E-state index in [0.29, 0.717) is 23.9 Å². The van der Waals surface area contributed by atoms with Gasteiger partial charge in [0.15, 0.2) is 0 Å². The maximum Gasteiger partial charge on any atom is 0.296 e. The molecule has 1 saturated heterocycles. The molecule has 244 valence electrons. The minimum Gasteiger partial charge on any atom is -0.368 e. The van der Waals surface area contributed by atoms with Gasteiger partial charge in [-0.2, -0.15) is 13.4 Å². The Bertz CT molecular complexity index is 1760. The summed E-state index contributed by atoms with van der Waals surface area (Å²) in [5, 5.41) is 4.09. The topological polar surface area (TPSA) is 126 Å². The Morgan fingerprint density at radius 2 is 1.74 bits per heavy atom. The zero-order valence-electron chi connectivity index (χ0n) is 26.7. The van der Waals surface area contributed by atoms with Crippen LogP contribution < -0.4 is 10.2 Å². The van der Waals surface area contributed by atoms with Crippen LogP contribution in [0.5, 0.6) is 0 Å². The predicted octanol–water partition coefficient (Wildman–Crippen LogP) is 4.61. The van der Waals surface area contributed by atoms with Crippen molar-refractivity contribution in [2.45, 2.75) is 50.0 Å². The Morgan fingerprint density at radius 1 is 1.00 bits per heavy atom. The highest BCUT2D eigenvalue weighted by molar-refractivity contribution is 7.86. The molecule has 0 unspecified atom stereocenters. The summed E-state index contributed by atoms with van der Waals surface area (Å²) in [5.41, 5.74) is 3.46. The number of nitrogens with one attached hydrogen (secondary N) is 1. The summed E-state index contributed by atoms with van der Waals surface area (Å²) < 4.78 is 32.2. The van der Waals surface area contributed by atoms with Crippen LogP contribution in [0.15, 0.2) is 59.8 Å². The molecule has 12 nitrogen and oxygen atoms in total. The van der Waals surface area contributed by atoms with Crippen molar-refractivity contribution in [2.24, 2.45) is 0 Å². The quantitative estimate of drug-likeness (QED) is 0.182. The molecule has 1 N–H and O–H groups in total. The van der Waals surface area contributed by atoms with Gasteiger partial charge >= 0.3 is 0 Å². The number of anilines is 3. The number of hydrogen-bond donors (Lipinski definition) is 1. The van der Waals surface area contributed by atoms with Gasteiger partial charge in [-0.05, 0) is 56.5 Å². The monoisotopic (exact) mass is 646 g/mol. The number of benzene rings is 1. The minimum atomic E-state index is -3.73. The van der Waals surface area contributed by atoms with Gasteiger partial charge in [-0.1, -0.05) is 30.5 Å². The molecule has 2 aliphatic rings. The molecule has 4 aromatic rings. The lowest BCUT2D eigenvalue weighted by Gasteiger charge is -2.35. The molecule has 6 rings (SSSR count). The van der Waals surface area contributed by atoms with Crippen molar-refractivity contribution in [2.75, 3.05) is 63.6 Å². The van der Waals surface area contributed by atoms with Crippen molar-refractivity contribution >= 4 is 44.5 Å². The fourth-order valence-electron chi connectivity index (χ4n) is 6.22. The molecule has 1 saturated carbocycles. The number of nitrogens with zero attached hydrogens (tertiary/aromatic N) is 7. The molecular weight excluding hydrogens is 604 g/mol. The average molecular weight is 647 g/mol. The summed E-state index contributed by atoms with van der Waals surface area (Å²) in [5.74, 6) is 1.06. The summed E-state index contributed by atoms with van der Waals surface area (Å²) in [6.45, 7) is 6.30. The number of rotatable bonds is 11. The average Bonchev–Trinajstić information content (AvgIpc) is 3.72. The maximum atomic E-state index is 13.0. The number of pyridine rings is 1. The van der Waals surface area contributed by atoms with E-state index in [0.717, 1.165) is 80.7 Å². The van der Waals surface area contributed by atoms with E-state index in [-0.39, 0.29) is 23.5 Å². The summed E-state index contributed by atoms with van der Waals surface area (Å²) in [7, 11) is -0.186. The largest absolute Gasteiger partial charge is 0.368 e. The lowest BCUT2D eigenvalue weighted by Crippen LogP contribution is -2.46. The maximum absolute atomic E-state index is 13.0. The number of piperazine rings is 1. The van der Waals surface area contributed by atoms with E-state index >= 15 is 0 Å². The second-order valence-corrected chi connectivity index (χ2v) is 13.9. The molecule has 0 radical (unpaired) electrons. The molecule has 13 heteroatoms. The standard InChI is InChI=1S/C33H42N8O4S/c1-24-9-12-28(13-10-24)46(43,44)45-20-6-15-39-16-18-40(19-17-39)27-11-14-30(34-23-27)36-33-35-22-25-21-29(32(42)38(2)3)41(31(25)37-33)26-7-4-5-8-26/h9-14,21-23,26H,4-8,15-20H2,1-3H3,(H,34,35,36,37). The third-order valence-electron chi connectivity index (χ3n) is 8.78. The molecule has 3 aromatic heterocycles. The number of aromatic nitrogens is 4. The molecule has 46 heavy (non-hydrogen) atoms. The highest BCUT2D eigenvalue weighted by Crippen LogP contribution is 2.35. The molecule has 0 bridgehead atoms. The van der Waals surface area contributed by atoms with E-state index in [4.69, 9.17) is 9.17 Å². The third-order valence-corrected chi connectivity index (χ3v) is 10.1. The molecule has 4 heterocycles. The first-order valence-electron chi connectivity index (χ1n) is 15.9. The molecule has 1 aliphatic carbocycles.